The van der Waals surface area contributed by atoms with Crippen LogP contribution in [0.15, 0.2) is 48.5 Å². The standard InChI is InChI=1S/C27H37N3O5S/c1-20-13-15-22(16-14-20)18-29(21(2)27(32)28-23-9-6-5-7-10-23)26(31)19-30(36(4,33)34)24-11-8-12-25(17-24)35-3/h8,11-17,21,23H,5-7,9-10,18-19H2,1-4H3,(H,28,32). The summed E-state index contributed by atoms with van der Waals surface area (Å²) in [5.41, 5.74) is 2.26. The first kappa shape index (κ1) is 27.5. The van der Waals surface area contributed by atoms with E-state index < -0.39 is 28.5 Å². The van der Waals surface area contributed by atoms with Crippen molar-refractivity contribution in [1.29, 1.82) is 0 Å². The Kier molecular flexibility index (Phi) is 9.37. The summed E-state index contributed by atoms with van der Waals surface area (Å²) in [6.45, 7) is 3.43. The number of carbonyl (C=O) groups excluding carboxylic acids is 2. The molecule has 0 aromatic heterocycles. The van der Waals surface area contributed by atoms with Crippen molar-refractivity contribution in [3.8, 4) is 5.75 Å². The van der Waals surface area contributed by atoms with E-state index in [0.717, 1.165) is 47.4 Å². The largest absolute Gasteiger partial charge is 0.497 e. The summed E-state index contributed by atoms with van der Waals surface area (Å²) in [6, 6.07) is 13.6. The van der Waals surface area contributed by atoms with Gasteiger partial charge in [-0.2, -0.15) is 0 Å². The minimum atomic E-state index is -3.79. The second-order valence-corrected chi connectivity index (χ2v) is 11.4. The Morgan fingerprint density at radius 2 is 1.75 bits per heavy atom. The van der Waals surface area contributed by atoms with Gasteiger partial charge < -0.3 is 15.0 Å². The lowest BCUT2D eigenvalue weighted by Gasteiger charge is -2.33. The second-order valence-electron chi connectivity index (χ2n) is 9.50. The zero-order chi connectivity index (χ0) is 26.3. The van der Waals surface area contributed by atoms with Gasteiger partial charge in [0.2, 0.25) is 21.8 Å². The molecule has 36 heavy (non-hydrogen) atoms. The maximum atomic E-state index is 13.6. The first-order valence-electron chi connectivity index (χ1n) is 12.4. The van der Waals surface area contributed by atoms with Crippen molar-refractivity contribution in [3.05, 3.63) is 59.7 Å². The van der Waals surface area contributed by atoms with E-state index in [4.69, 9.17) is 4.74 Å². The third kappa shape index (κ3) is 7.46. The molecule has 0 aliphatic heterocycles. The smallest absolute Gasteiger partial charge is 0.244 e. The summed E-state index contributed by atoms with van der Waals surface area (Å²) in [4.78, 5) is 28.3. The molecule has 0 radical (unpaired) electrons. The van der Waals surface area contributed by atoms with E-state index in [2.05, 4.69) is 5.32 Å². The van der Waals surface area contributed by atoms with Crippen LogP contribution in [0.25, 0.3) is 0 Å². The Balaban J connectivity index is 1.87. The van der Waals surface area contributed by atoms with Crippen molar-refractivity contribution in [2.24, 2.45) is 0 Å². The number of methoxy groups -OCH3 is 1. The SMILES string of the molecule is COc1cccc(N(CC(=O)N(Cc2ccc(C)cc2)C(C)C(=O)NC2CCCCC2)S(C)(=O)=O)c1. The number of hydrogen-bond acceptors (Lipinski definition) is 5. The molecule has 0 spiro atoms. The molecule has 0 heterocycles. The highest BCUT2D eigenvalue weighted by Crippen LogP contribution is 2.24. The number of carbonyl (C=O) groups is 2. The van der Waals surface area contributed by atoms with Gasteiger partial charge in [-0.05, 0) is 44.4 Å². The molecule has 0 bridgehead atoms. The van der Waals surface area contributed by atoms with Gasteiger partial charge >= 0.3 is 0 Å². The van der Waals surface area contributed by atoms with Crippen LogP contribution < -0.4 is 14.4 Å². The molecular weight excluding hydrogens is 478 g/mol. The Morgan fingerprint density at radius 1 is 1.08 bits per heavy atom. The summed E-state index contributed by atoms with van der Waals surface area (Å²) in [5, 5.41) is 3.10. The third-order valence-electron chi connectivity index (χ3n) is 6.61. The van der Waals surface area contributed by atoms with Crippen LogP contribution in [0.3, 0.4) is 0 Å². The van der Waals surface area contributed by atoms with Crippen LogP contribution >= 0.6 is 0 Å². The number of anilines is 1. The monoisotopic (exact) mass is 515 g/mol. The molecule has 1 unspecified atom stereocenters. The molecule has 196 valence electrons. The normalized spacial score (nSPS) is 15.1. The van der Waals surface area contributed by atoms with E-state index in [0.29, 0.717) is 11.4 Å². The van der Waals surface area contributed by atoms with Crippen LogP contribution in [0.4, 0.5) is 5.69 Å². The average Bonchev–Trinajstić information content (AvgIpc) is 2.86. The average molecular weight is 516 g/mol. The Labute approximate surface area is 214 Å². The van der Waals surface area contributed by atoms with E-state index in [1.165, 1.54) is 18.4 Å². The highest BCUT2D eigenvalue weighted by Gasteiger charge is 2.31. The Morgan fingerprint density at radius 3 is 2.36 bits per heavy atom. The lowest BCUT2D eigenvalue weighted by molar-refractivity contribution is -0.139. The molecule has 3 rings (SSSR count). The molecule has 9 heteroatoms. The fraction of sp³-hybridized carbons (Fsp3) is 0.481. The number of benzene rings is 2. The number of nitrogens with zero attached hydrogens (tertiary/aromatic N) is 2. The van der Waals surface area contributed by atoms with E-state index >= 15 is 0 Å². The van der Waals surface area contributed by atoms with Gasteiger partial charge in [-0.1, -0.05) is 55.2 Å². The number of amides is 2. The lowest BCUT2D eigenvalue weighted by atomic mass is 9.95. The molecule has 1 N–H and O–H groups in total. The minimum Gasteiger partial charge on any atom is -0.497 e. The number of hydrogen-bond donors (Lipinski definition) is 1. The van der Waals surface area contributed by atoms with Crippen LogP contribution in [-0.4, -0.2) is 57.1 Å². The molecule has 1 fully saturated rings. The lowest BCUT2D eigenvalue weighted by Crippen LogP contribution is -2.52. The van der Waals surface area contributed by atoms with E-state index in [1.54, 1.807) is 31.2 Å². The molecule has 8 nitrogen and oxygen atoms in total. The van der Waals surface area contributed by atoms with Crippen molar-refractivity contribution < 1.29 is 22.7 Å². The number of nitrogens with one attached hydrogen (secondary N) is 1. The molecule has 2 amide bonds. The minimum absolute atomic E-state index is 0.106. The van der Waals surface area contributed by atoms with Gasteiger partial charge in [0, 0.05) is 18.7 Å². The van der Waals surface area contributed by atoms with E-state index in [-0.39, 0.29) is 18.5 Å². The number of aryl methyl sites for hydroxylation is 1. The Hall–Kier alpha value is -3.07. The highest BCUT2D eigenvalue weighted by molar-refractivity contribution is 7.92. The summed E-state index contributed by atoms with van der Waals surface area (Å²) in [6.07, 6.45) is 6.25. The van der Waals surface area contributed by atoms with Crippen molar-refractivity contribution in [3.63, 3.8) is 0 Å². The zero-order valence-electron chi connectivity index (χ0n) is 21.6. The van der Waals surface area contributed by atoms with Gasteiger partial charge in [-0.3, -0.25) is 13.9 Å². The second kappa shape index (κ2) is 12.3. The van der Waals surface area contributed by atoms with E-state index in [9.17, 15) is 18.0 Å². The van der Waals surface area contributed by atoms with Gasteiger partial charge in [0.25, 0.3) is 0 Å². The van der Waals surface area contributed by atoms with Gasteiger partial charge in [0.1, 0.15) is 18.3 Å². The van der Waals surface area contributed by atoms with Crippen LogP contribution in [0, 0.1) is 6.92 Å². The van der Waals surface area contributed by atoms with Crippen LogP contribution in [0.5, 0.6) is 5.75 Å². The summed E-state index contributed by atoms with van der Waals surface area (Å²) in [7, 11) is -2.30. The van der Waals surface area contributed by atoms with Gasteiger partial charge in [-0.15, -0.1) is 0 Å². The maximum absolute atomic E-state index is 13.6. The summed E-state index contributed by atoms with van der Waals surface area (Å²) < 4.78 is 31.7. The molecular formula is C27H37N3O5S. The van der Waals surface area contributed by atoms with Gasteiger partial charge in [0.15, 0.2) is 0 Å². The molecule has 1 saturated carbocycles. The van der Waals surface area contributed by atoms with Crippen molar-refractivity contribution in [2.45, 2.75) is 64.6 Å². The van der Waals surface area contributed by atoms with Crippen molar-refractivity contribution >= 4 is 27.5 Å². The molecule has 0 saturated heterocycles. The maximum Gasteiger partial charge on any atom is 0.244 e. The highest BCUT2D eigenvalue weighted by atomic mass is 32.2. The zero-order valence-corrected chi connectivity index (χ0v) is 22.4. The molecule has 1 aliphatic carbocycles. The molecule has 1 atom stereocenters. The van der Waals surface area contributed by atoms with Gasteiger partial charge in [0.05, 0.1) is 19.1 Å². The Bertz CT molecular complexity index is 1140. The molecule has 2 aromatic carbocycles. The number of ether oxygens (including phenoxy) is 1. The topological polar surface area (TPSA) is 96.0 Å². The fourth-order valence-electron chi connectivity index (χ4n) is 4.42. The van der Waals surface area contributed by atoms with Crippen LogP contribution in [0.2, 0.25) is 0 Å². The quantitative estimate of drug-likeness (QED) is 0.521. The summed E-state index contributed by atoms with van der Waals surface area (Å²) >= 11 is 0. The van der Waals surface area contributed by atoms with Crippen molar-refractivity contribution in [1.82, 2.24) is 10.2 Å². The first-order chi connectivity index (χ1) is 17.1. The van der Waals surface area contributed by atoms with E-state index in [1.807, 2.05) is 31.2 Å². The number of sulfonamides is 1. The van der Waals surface area contributed by atoms with Crippen LogP contribution in [-0.2, 0) is 26.2 Å². The van der Waals surface area contributed by atoms with Gasteiger partial charge in [-0.25, -0.2) is 8.42 Å². The fourth-order valence-corrected chi connectivity index (χ4v) is 5.26. The number of rotatable bonds is 10. The van der Waals surface area contributed by atoms with Crippen molar-refractivity contribution in [2.75, 3.05) is 24.2 Å². The molecule has 1 aliphatic rings. The predicted octanol–water partition coefficient (Wildman–Crippen LogP) is 3.64. The summed E-state index contributed by atoms with van der Waals surface area (Å²) in [5.74, 6) is -0.213. The molecule has 2 aromatic rings. The predicted molar refractivity (Wildman–Crippen MR) is 141 cm³/mol. The van der Waals surface area contributed by atoms with Crippen LogP contribution in [0.1, 0.15) is 50.2 Å². The third-order valence-corrected chi connectivity index (χ3v) is 7.75. The first-order valence-corrected chi connectivity index (χ1v) is 14.2.